The van der Waals surface area contributed by atoms with E-state index in [-0.39, 0.29) is 5.91 Å². The Morgan fingerprint density at radius 2 is 1.85 bits per heavy atom. The quantitative estimate of drug-likeness (QED) is 0.662. The zero-order chi connectivity index (χ0) is 19.1. The van der Waals surface area contributed by atoms with Crippen LogP contribution in [-0.4, -0.2) is 22.4 Å². The van der Waals surface area contributed by atoms with Crippen LogP contribution in [0, 0.1) is 5.92 Å². The summed E-state index contributed by atoms with van der Waals surface area (Å²) in [5, 5.41) is 2.96. The van der Waals surface area contributed by atoms with Crippen molar-refractivity contribution in [3.05, 3.63) is 72.6 Å². The van der Waals surface area contributed by atoms with Crippen molar-refractivity contribution in [3.63, 3.8) is 0 Å². The van der Waals surface area contributed by atoms with E-state index in [0.717, 1.165) is 12.0 Å². The van der Waals surface area contributed by atoms with Gasteiger partial charge in [-0.2, -0.15) is 0 Å². The van der Waals surface area contributed by atoms with E-state index in [2.05, 4.69) is 29.1 Å². The van der Waals surface area contributed by atoms with Gasteiger partial charge in [0.2, 0.25) is 5.88 Å². The molecule has 0 aliphatic rings. The number of para-hydroxylation sites is 1. The molecule has 3 rings (SSSR count). The maximum Gasteiger partial charge on any atom is 0.251 e. The van der Waals surface area contributed by atoms with Gasteiger partial charge in [0.1, 0.15) is 12.1 Å². The molecule has 0 atom stereocenters. The first-order valence-corrected chi connectivity index (χ1v) is 9.05. The van der Waals surface area contributed by atoms with E-state index in [1.807, 2.05) is 48.5 Å². The number of carbonyl (C=O) groups excluding carboxylic acids is 1. The molecule has 2 aromatic carbocycles. The molecule has 0 radical (unpaired) electrons. The van der Waals surface area contributed by atoms with Crippen molar-refractivity contribution in [1.29, 1.82) is 0 Å². The fourth-order valence-corrected chi connectivity index (χ4v) is 2.56. The zero-order valence-electron chi connectivity index (χ0n) is 15.6. The molecule has 5 heteroatoms. The second kappa shape index (κ2) is 8.94. The predicted octanol–water partition coefficient (Wildman–Crippen LogP) is 4.71. The first kappa shape index (κ1) is 18.6. The lowest BCUT2D eigenvalue weighted by molar-refractivity contribution is 0.0952. The summed E-state index contributed by atoms with van der Waals surface area (Å²) in [6, 6.07) is 18.6. The summed E-state index contributed by atoms with van der Waals surface area (Å²) in [6.07, 6.45) is 2.42. The normalized spacial score (nSPS) is 10.6. The molecule has 27 heavy (non-hydrogen) atoms. The van der Waals surface area contributed by atoms with Gasteiger partial charge in [0.25, 0.3) is 5.91 Å². The second-order valence-electron chi connectivity index (χ2n) is 6.68. The SMILES string of the molecule is CC(C)CCNC(=O)c1cccc(-c2cc(Oc3ccccc3)ncn2)c1. The van der Waals surface area contributed by atoms with Gasteiger partial charge in [-0.3, -0.25) is 4.79 Å². The highest BCUT2D eigenvalue weighted by atomic mass is 16.5. The Morgan fingerprint density at radius 3 is 2.63 bits per heavy atom. The Balaban J connectivity index is 1.74. The van der Waals surface area contributed by atoms with Crippen LogP contribution < -0.4 is 10.1 Å². The molecule has 5 nitrogen and oxygen atoms in total. The summed E-state index contributed by atoms with van der Waals surface area (Å²) in [4.78, 5) is 20.8. The molecule has 0 spiro atoms. The Morgan fingerprint density at radius 1 is 1.04 bits per heavy atom. The molecule has 1 heterocycles. The lowest BCUT2D eigenvalue weighted by Gasteiger charge is -2.09. The molecule has 1 amide bonds. The minimum atomic E-state index is -0.0766. The maximum atomic E-state index is 12.3. The average Bonchev–Trinajstić information content (AvgIpc) is 2.69. The van der Waals surface area contributed by atoms with Gasteiger partial charge in [-0.25, -0.2) is 9.97 Å². The van der Waals surface area contributed by atoms with E-state index in [4.69, 9.17) is 4.74 Å². The number of amides is 1. The predicted molar refractivity (Wildman–Crippen MR) is 106 cm³/mol. The van der Waals surface area contributed by atoms with Gasteiger partial charge in [0, 0.05) is 23.7 Å². The zero-order valence-corrected chi connectivity index (χ0v) is 15.6. The van der Waals surface area contributed by atoms with Crippen LogP contribution in [0.15, 0.2) is 67.0 Å². The Bertz CT molecular complexity index is 895. The smallest absolute Gasteiger partial charge is 0.251 e. The Hall–Kier alpha value is -3.21. The third-order valence-corrected chi connectivity index (χ3v) is 4.04. The number of hydrogen-bond acceptors (Lipinski definition) is 4. The standard InChI is InChI=1S/C22H23N3O2/c1-16(2)11-12-23-22(26)18-8-6-7-17(13-18)20-14-21(25-15-24-20)27-19-9-4-3-5-10-19/h3-10,13-16H,11-12H2,1-2H3,(H,23,26). The van der Waals surface area contributed by atoms with Crippen LogP contribution in [0.5, 0.6) is 11.6 Å². The van der Waals surface area contributed by atoms with Gasteiger partial charge in [0.05, 0.1) is 5.69 Å². The van der Waals surface area contributed by atoms with Crippen molar-refractivity contribution in [2.75, 3.05) is 6.54 Å². The molecular weight excluding hydrogens is 338 g/mol. The number of ether oxygens (including phenoxy) is 1. The first-order valence-electron chi connectivity index (χ1n) is 9.05. The second-order valence-corrected chi connectivity index (χ2v) is 6.68. The maximum absolute atomic E-state index is 12.3. The lowest BCUT2D eigenvalue weighted by atomic mass is 10.1. The van der Waals surface area contributed by atoms with Gasteiger partial charge in [-0.05, 0) is 36.6 Å². The highest BCUT2D eigenvalue weighted by Gasteiger charge is 2.09. The molecule has 0 aliphatic heterocycles. The van der Waals surface area contributed by atoms with Gasteiger partial charge in [-0.1, -0.05) is 44.2 Å². The number of rotatable bonds is 7. The largest absolute Gasteiger partial charge is 0.439 e. The molecule has 1 aromatic heterocycles. The third kappa shape index (κ3) is 5.38. The van der Waals surface area contributed by atoms with E-state index in [0.29, 0.717) is 35.3 Å². The van der Waals surface area contributed by atoms with Gasteiger partial charge < -0.3 is 10.1 Å². The van der Waals surface area contributed by atoms with Crippen molar-refractivity contribution in [2.24, 2.45) is 5.92 Å². The molecule has 3 aromatic rings. The summed E-state index contributed by atoms with van der Waals surface area (Å²) in [5.41, 5.74) is 2.15. The van der Waals surface area contributed by atoms with Crippen molar-refractivity contribution in [2.45, 2.75) is 20.3 Å². The van der Waals surface area contributed by atoms with Crippen LogP contribution in [0.2, 0.25) is 0 Å². The van der Waals surface area contributed by atoms with E-state index in [1.54, 1.807) is 12.1 Å². The van der Waals surface area contributed by atoms with E-state index >= 15 is 0 Å². The highest BCUT2D eigenvalue weighted by molar-refractivity contribution is 5.95. The van der Waals surface area contributed by atoms with Gasteiger partial charge in [-0.15, -0.1) is 0 Å². The number of nitrogens with one attached hydrogen (secondary N) is 1. The molecular formula is C22H23N3O2. The topological polar surface area (TPSA) is 64.1 Å². The molecule has 0 aliphatic carbocycles. The fraction of sp³-hybridized carbons (Fsp3) is 0.227. The molecule has 0 bridgehead atoms. The number of hydrogen-bond donors (Lipinski definition) is 1. The number of benzene rings is 2. The minimum absolute atomic E-state index is 0.0766. The molecule has 0 fully saturated rings. The van der Waals surface area contributed by atoms with Crippen molar-refractivity contribution in [1.82, 2.24) is 15.3 Å². The average molecular weight is 361 g/mol. The summed E-state index contributed by atoms with van der Waals surface area (Å²) in [7, 11) is 0. The van der Waals surface area contributed by atoms with Gasteiger partial charge in [0.15, 0.2) is 0 Å². The Labute approximate surface area is 159 Å². The molecule has 0 saturated heterocycles. The number of nitrogens with zero attached hydrogens (tertiary/aromatic N) is 2. The number of aromatic nitrogens is 2. The molecule has 0 unspecified atom stereocenters. The van der Waals surface area contributed by atoms with Crippen LogP contribution in [0.1, 0.15) is 30.6 Å². The molecule has 1 N–H and O–H groups in total. The van der Waals surface area contributed by atoms with E-state index < -0.39 is 0 Å². The molecule has 0 saturated carbocycles. The Kier molecular flexibility index (Phi) is 6.15. The summed E-state index contributed by atoms with van der Waals surface area (Å²) in [6.45, 7) is 4.94. The van der Waals surface area contributed by atoms with Crippen LogP contribution in [0.4, 0.5) is 0 Å². The van der Waals surface area contributed by atoms with Gasteiger partial charge >= 0.3 is 0 Å². The van der Waals surface area contributed by atoms with Crippen LogP contribution in [-0.2, 0) is 0 Å². The highest BCUT2D eigenvalue weighted by Crippen LogP contribution is 2.24. The van der Waals surface area contributed by atoms with E-state index in [9.17, 15) is 4.79 Å². The van der Waals surface area contributed by atoms with Crippen LogP contribution in [0.3, 0.4) is 0 Å². The first-order chi connectivity index (χ1) is 13.1. The minimum Gasteiger partial charge on any atom is -0.439 e. The van der Waals surface area contributed by atoms with E-state index in [1.165, 1.54) is 6.33 Å². The lowest BCUT2D eigenvalue weighted by Crippen LogP contribution is -2.25. The monoisotopic (exact) mass is 361 g/mol. The van der Waals surface area contributed by atoms with Crippen molar-refractivity contribution >= 4 is 5.91 Å². The summed E-state index contributed by atoms with van der Waals surface area (Å²) >= 11 is 0. The van der Waals surface area contributed by atoms with Crippen LogP contribution in [0.25, 0.3) is 11.3 Å². The van der Waals surface area contributed by atoms with Crippen molar-refractivity contribution in [3.8, 4) is 22.9 Å². The molecule has 138 valence electrons. The summed E-state index contributed by atoms with van der Waals surface area (Å²) in [5.74, 6) is 1.64. The van der Waals surface area contributed by atoms with Crippen molar-refractivity contribution < 1.29 is 9.53 Å². The third-order valence-electron chi connectivity index (χ3n) is 4.04. The summed E-state index contributed by atoms with van der Waals surface area (Å²) < 4.78 is 5.76. The van der Waals surface area contributed by atoms with Crippen LogP contribution >= 0.6 is 0 Å². The number of carbonyl (C=O) groups is 1. The fourth-order valence-electron chi connectivity index (χ4n) is 2.56.